The fraction of sp³-hybridized carbons (Fsp3) is 0.176. The number of non-ortho nitro benzene ring substituents is 1. The van der Waals surface area contributed by atoms with Crippen molar-refractivity contribution >= 4 is 33.4 Å². The number of hydrogen-bond donors (Lipinski definition) is 0. The molecule has 0 saturated heterocycles. The predicted molar refractivity (Wildman–Crippen MR) is 101 cm³/mol. The minimum Gasteiger partial charge on any atom is -0.302 e. The largest absolute Gasteiger partial charge is 0.302 e. The van der Waals surface area contributed by atoms with Crippen molar-refractivity contribution < 1.29 is 4.92 Å². The van der Waals surface area contributed by atoms with Crippen LogP contribution in [0.3, 0.4) is 0 Å². The highest BCUT2D eigenvalue weighted by Crippen LogP contribution is 2.28. The van der Waals surface area contributed by atoms with E-state index >= 15 is 0 Å². The van der Waals surface area contributed by atoms with Crippen molar-refractivity contribution in [2.75, 3.05) is 0 Å². The van der Waals surface area contributed by atoms with Gasteiger partial charge in [0.25, 0.3) is 5.69 Å². The van der Waals surface area contributed by atoms with Gasteiger partial charge in [-0.15, -0.1) is 10.2 Å². The van der Waals surface area contributed by atoms with Crippen LogP contribution in [0.4, 0.5) is 5.69 Å². The molecule has 0 aliphatic heterocycles. The first-order valence-electron chi connectivity index (χ1n) is 7.63. The number of hydrogen-bond acceptors (Lipinski definition) is 5. The van der Waals surface area contributed by atoms with E-state index in [1.165, 1.54) is 17.7 Å². The molecule has 3 aromatic rings. The second-order valence-corrected chi connectivity index (χ2v) is 7.13. The summed E-state index contributed by atoms with van der Waals surface area (Å²) in [6, 6.07) is 14.6. The highest BCUT2D eigenvalue weighted by atomic mass is 79.9. The Kier molecular flexibility index (Phi) is 5.50. The highest BCUT2D eigenvalue weighted by molar-refractivity contribution is 9.10. The number of thioether (sulfide) groups is 1. The molecular formula is C17H15BrN4O2S. The van der Waals surface area contributed by atoms with Crippen molar-refractivity contribution in [3.63, 3.8) is 0 Å². The van der Waals surface area contributed by atoms with Gasteiger partial charge in [0.15, 0.2) is 11.0 Å². The topological polar surface area (TPSA) is 73.8 Å². The predicted octanol–water partition coefficient (Wildman–Crippen LogP) is 4.93. The maximum Gasteiger partial charge on any atom is 0.270 e. The Morgan fingerprint density at radius 3 is 2.72 bits per heavy atom. The van der Waals surface area contributed by atoms with E-state index in [1.54, 1.807) is 17.8 Å². The van der Waals surface area contributed by atoms with Crippen molar-refractivity contribution in [3.05, 3.63) is 68.7 Å². The zero-order chi connectivity index (χ0) is 17.8. The van der Waals surface area contributed by atoms with Crippen LogP contribution in [-0.4, -0.2) is 19.7 Å². The molecule has 2 aromatic carbocycles. The quantitative estimate of drug-likeness (QED) is 0.322. The van der Waals surface area contributed by atoms with E-state index in [2.05, 4.69) is 38.3 Å². The standard InChI is InChI=1S/C17H15BrN4O2S/c1-2-21-16(13-6-4-8-15(10-13)22(23)24)19-20-17(21)25-11-12-5-3-7-14(18)9-12/h3-10H,2,11H2,1H3. The molecule has 0 unspecified atom stereocenters. The third-order valence-corrected chi connectivity index (χ3v) is 5.14. The molecule has 0 spiro atoms. The molecule has 0 radical (unpaired) electrons. The van der Waals surface area contributed by atoms with Gasteiger partial charge >= 0.3 is 0 Å². The summed E-state index contributed by atoms with van der Waals surface area (Å²) in [5.41, 5.74) is 1.92. The Morgan fingerprint density at radius 2 is 2.00 bits per heavy atom. The first kappa shape index (κ1) is 17.6. The summed E-state index contributed by atoms with van der Waals surface area (Å²) < 4.78 is 3.02. The average Bonchev–Trinajstić information content (AvgIpc) is 3.03. The molecular weight excluding hydrogens is 404 g/mol. The van der Waals surface area contributed by atoms with Gasteiger partial charge in [0.05, 0.1) is 4.92 Å². The lowest BCUT2D eigenvalue weighted by atomic mass is 10.2. The minimum absolute atomic E-state index is 0.0477. The molecule has 0 aliphatic rings. The van der Waals surface area contributed by atoms with Crippen LogP contribution in [0.5, 0.6) is 0 Å². The van der Waals surface area contributed by atoms with Crippen LogP contribution in [0.25, 0.3) is 11.4 Å². The number of nitro benzene ring substituents is 1. The molecule has 6 nitrogen and oxygen atoms in total. The maximum absolute atomic E-state index is 11.0. The number of halogens is 1. The van der Waals surface area contributed by atoms with Gasteiger partial charge in [-0.3, -0.25) is 10.1 Å². The average molecular weight is 419 g/mol. The lowest BCUT2D eigenvalue weighted by Gasteiger charge is -2.07. The Morgan fingerprint density at radius 1 is 1.20 bits per heavy atom. The van der Waals surface area contributed by atoms with Gasteiger partial charge < -0.3 is 4.57 Å². The molecule has 0 amide bonds. The summed E-state index contributed by atoms with van der Waals surface area (Å²) in [4.78, 5) is 10.6. The first-order valence-corrected chi connectivity index (χ1v) is 9.41. The van der Waals surface area contributed by atoms with E-state index in [0.717, 1.165) is 15.4 Å². The van der Waals surface area contributed by atoms with Crippen molar-refractivity contribution in [3.8, 4) is 11.4 Å². The Bertz CT molecular complexity index is 913. The van der Waals surface area contributed by atoms with Crippen molar-refractivity contribution in [1.29, 1.82) is 0 Å². The van der Waals surface area contributed by atoms with E-state index in [-0.39, 0.29) is 5.69 Å². The fourth-order valence-electron chi connectivity index (χ4n) is 2.43. The Hall–Kier alpha value is -2.19. The molecule has 0 bridgehead atoms. The molecule has 0 fully saturated rings. The van der Waals surface area contributed by atoms with Crippen LogP contribution in [0.15, 0.2) is 58.2 Å². The van der Waals surface area contributed by atoms with Gasteiger partial charge in [-0.05, 0) is 24.6 Å². The van der Waals surface area contributed by atoms with Crippen LogP contribution in [0.1, 0.15) is 12.5 Å². The van der Waals surface area contributed by atoms with Crippen molar-refractivity contribution in [1.82, 2.24) is 14.8 Å². The lowest BCUT2D eigenvalue weighted by Crippen LogP contribution is -2.00. The third-order valence-electron chi connectivity index (χ3n) is 3.61. The molecule has 25 heavy (non-hydrogen) atoms. The Labute approximate surface area is 157 Å². The molecule has 1 aromatic heterocycles. The molecule has 3 rings (SSSR count). The van der Waals surface area contributed by atoms with Crippen LogP contribution in [0, 0.1) is 10.1 Å². The summed E-state index contributed by atoms with van der Waals surface area (Å²) >= 11 is 5.07. The van der Waals surface area contributed by atoms with Gasteiger partial charge in [0.2, 0.25) is 0 Å². The molecule has 8 heteroatoms. The number of rotatable bonds is 6. The molecule has 0 aliphatic carbocycles. The smallest absolute Gasteiger partial charge is 0.270 e. The molecule has 128 valence electrons. The van der Waals surface area contributed by atoms with E-state index in [4.69, 9.17) is 0 Å². The molecule has 0 atom stereocenters. The van der Waals surface area contributed by atoms with E-state index in [9.17, 15) is 10.1 Å². The van der Waals surface area contributed by atoms with Gasteiger partial charge in [-0.1, -0.05) is 52.0 Å². The van der Waals surface area contributed by atoms with Gasteiger partial charge in [-0.2, -0.15) is 0 Å². The third kappa shape index (κ3) is 4.08. The Balaban J connectivity index is 1.86. The van der Waals surface area contributed by atoms with Crippen LogP contribution < -0.4 is 0 Å². The van der Waals surface area contributed by atoms with Crippen molar-refractivity contribution in [2.24, 2.45) is 0 Å². The monoisotopic (exact) mass is 418 g/mol. The number of aromatic nitrogens is 3. The molecule has 1 heterocycles. The van der Waals surface area contributed by atoms with E-state index in [1.807, 2.05) is 29.7 Å². The van der Waals surface area contributed by atoms with E-state index < -0.39 is 4.92 Å². The lowest BCUT2D eigenvalue weighted by molar-refractivity contribution is -0.384. The second-order valence-electron chi connectivity index (χ2n) is 5.28. The number of nitrogens with zero attached hydrogens (tertiary/aromatic N) is 4. The summed E-state index contributed by atoms with van der Waals surface area (Å²) in [6.07, 6.45) is 0. The fourth-order valence-corrected chi connectivity index (χ4v) is 3.82. The summed E-state index contributed by atoms with van der Waals surface area (Å²) in [6.45, 7) is 2.69. The number of benzene rings is 2. The number of nitro groups is 1. The zero-order valence-electron chi connectivity index (χ0n) is 13.4. The summed E-state index contributed by atoms with van der Waals surface area (Å²) in [5, 5.41) is 20.3. The van der Waals surface area contributed by atoms with Crippen LogP contribution in [0.2, 0.25) is 0 Å². The first-order chi connectivity index (χ1) is 12.1. The zero-order valence-corrected chi connectivity index (χ0v) is 15.8. The second kappa shape index (κ2) is 7.79. The van der Waals surface area contributed by atoms with Gasteiger partial charge in [-0.25, -0.2) is 0 Å². The molecule has 0 saturated carbocycles. The summed E-state index contributed by atoms with van der Waals surface area (Å²) in [5.74, 6) is 1.41. The SMILES string of the molecule is CCn1c(SCc2cccc(Br)c2)nnc1-c1cccc([N+](=O)[O-])c1. The van der Waals surface area contributed by atoms with Gasteiger partial charge in [0.1, 0.15) is 0 Å². The minimum atomic E-state index is -0.404. The highest BCUT2D eigenvalue weighted by Gasteiger charge is 2.15. The van der Waals surface area contributed by atoms with Crippen LogP contribution in [-0.2, 0) is 12.3 Å². The van der Waals surface area contributed by atoms with E-state index in [0.29, 0.717) is 17.9 Å². The van der Waals surface area contributed by atoms with Crippen molar-refractivity contribution in [2.45, 2.75) is 24.4 Å². The van der Waals surface area contributed by atoms with Crippen LogP contribution >= 0.6 is 27.7 Å². The normalized spacial score (nSPS) is 10.8. The maximum atomic E-state index is 11.0. The van der Waals surface area contributed by atoms with Gasteiger partial charge in [0, 0.05) is 34.5 Å². The molecule has 0 N–H and O–H groups in total. The summed E-state index contributed by atoms with van der Waals surface area (Å²) in [7, 11) is 0.